The molecule has 0 saturated carbocycles. The van der Waals surface area contributed by atoms with E-state index < -0.39 is 5.56 Å². The number of rotatable bonds is 3. The molecule has 19 heavy (non-hydrogen) atoms. The third-order valence-corrected chi connectivity index (χ3v) is 3.45. The Balaban J connectivity index is 2.38. The Morgan fingerprint density at radius 2 is 1.84 bits per heavy atom. The van der Waals surface area contributed by atoms with Crippen LogP contribution in [0.25, 0.3) is 5.69 Å². The molecule has 1 aromatic heterocycles. The van der Waals surface area contributed by atoms with Crippen LogP contribution in [0.15, 0.2) is 35.3 Å². The van der Waals surface area contributed by atoms with E-state index in [4.69, 9.17) is 23.2 Å². The molecule has 0 aliphatic rings. The Labute approximate surface area is 121 Å². The van der Waals surface area contributed by atoms with Crippen molar-refractivity contribution in [1.82, 2.24) is 9.78 Å². The second-order valence-corrected chi connectivity index (χ2v) is 5.57. The topological polar surface area (TPSA) is 34.9 Å². The van der Waals surface area contributed by atoms with E-state index in [0.717, 1.165) is 6.42 Å². The Morgan fingerprint density at radius 3 is 2.42 bits per heavy atom. The van der Waals surface area contributed by atoms with Crippen LogP contribution in [0, 0.1) is 5.92 Å². The van der Waals surface area contributed by atoms with Gasteiger partial charge in [-0.3, -0.25) is 4.79 Å². The molecule has 3 nitrogen and oxygen atoms in total. The number of aromatic nitrogens is 2. The summed E-state index contributed by atoms with van der Waals surface area (Å²) in [4.78, 5) is 11.9. The number of benzene rings is 1. The molecule has 2 aromatic rings. The molecular formula is C14H14Cl2N2O. The highest BCUT2D eigenvalue weighted by molar-refractivity contribution is 6.41. The fourth-order valence-corrected chi connectivity index (χ4v) is 2.09. The molecule has 2 rings (SSSR count). The van der Waals surface area contributed by atoms with E-state index in [1.807, 2.05) is 24.3 Å². The van der Waals surface area contributed by atoms with Crippen molar-refractivity contribution in [2.75, 3.05) is 0 Å². The monoisotopic (exact) mass is 296 g/mol. The van der Waals surface area contributed by atoms with Gasteiger partial charge in [0.15, 0.2) is 0 Å². The van der Waals surface area contributed by atoms with Gasteiger partial charge in [-0.25, -0.2) is 0 Å². The molecule has 0 aliphatic heterocycles. The number of nitrogens with zero attached hydrogens (tertiary/aromatic N) is 2. The van der Waals surface area contributed by atoms with E-state index in [2.05, 4.69) is 18.9 Å². The fraction of sp³-hybridized carbons (Fsp3) is 0.286. The zero-order valence-electron chi connectivity index (χ0n) is 10.7. The van der Waals surface area contributed by atoms with Crippen molar-refractivity contribution >= 4 is 23.2 Å². The maximum Gasteiger partial charge on any atom is 0.291 e. The highest BCUT2D eigenvalue weighted by Crippen LogP contribution is 2.17. The van der Waals surface area contributed by atoms with Gasteiger partial charge in [0.2, 0.25) is 0 Å². The van der Waals surface area contributed by atoms with Crippen LogP contribution >= 0.6 is 23.2 Å². The van der Waals surface area contributed by atoms with Crippen molar-refractivity contribution < 1.29 is 0 Å². The van der Waals surface area contributed by atoms with Gasteiger partial charge in [0.1, 0.15) is 5.02 Å². The lowest BCUT2D eigenvalue weighted by Crippen LogP contribution is -2.21. The number of hydrogen-bond acceptors (Lipinski definition) is 2. The second-order valence-electron chi connectivity index (χ2n) is 4.79. The number of halogens is 2. The van der Waals surface area contributed by atoms with E-state index in [0.29, 0.717) is 11.6 Å². The Kier molecular flexibility index (Phi) is 4.27. The van der Waals surface area contributed by atoms with E-state index in [1.165, 1.54) is 16.4 Å². The molecule has 0 fully saturated rings. The van der Waals surface area contributed by atoms with E-state index >= 15 is 0 Å². The summed E-state index contributed by atoms with van der Waals surface area (Å²) < 4.78 is 1.24. The average Bonchev–Trinajstić information content (AvgIpc) is 2.37. The Hall–Kier alpha value is -1.32. The molecule has 0 unspecified atom stereocenters. The highest BCUT2D eigenvalue weighted by Gasteiger charge is 2.09. The molecule has 5 heteroatoms. The molecule has 0 N–H and O–H groups in total. The van der Waals surface area contributed by atoms with Gasteiger partial charge in [0, 0.05) is 0 Å². The van der Waals surface area contributed by atoms with E-state index in [1.54, 1.807) is 0 Å². The maximum absolute atomic E-state index is 11.9. The molecule has 1 aromatic carbocycles. The lowest BCUT2D eigenvalue weighted by molar-refractivity contribution is 0.647. The molecule has 0 saturated heterocycles. The van der Waals surface area contributed by atoms with E-state index in [-0.39, 0.29) is 10.0 Å². The largest absolute Gasteiger partial charge is 0.291 e. The third kappa shape index (κ3) is 3.17. The lowest BCUT2D eigenvalue weighted by atomic mass is 10.0. The summed E-state index contributed by atoms with van der Waals surface area (Å²) in [6.07, 6.45) is 2.37. The van der Waals surface area contributed by atoms with Crippen molar-refractivity contribution in [1.29, 1.82) is 0 Å². The molecule has 0 atom stereocenters. The van der Waals surface area contributed by atoms with Crippen molar-refractivity contribution in [2.45, 2.75) is 20.3 Å². The first-order valence-corrected chi connectivity index (χ1v) is 6.77. The van der Waals surface area contributed by atoms with Crippen molar-refractivity contribution in [3.05, 3.63) is 56.4 Å². The van der Waals surface area contributed by atoms with Crippen molar-refractivity contribution in [3.63, 3.8) is 0 Å². The van der Waals surface area contributed by atoms with Gasteiger partial charge in [-0.05, 0) is 30.0 Å². The fourth-order valence-electron chi connectivity index (χ4n) is 1.84. The minimum Gasteiger partial charge on any atom is -0.266 e. The van der Waals surface area contributed by atoms with Gasteiger partial charge < -0.3 is 0 Å². The summed E-state index contributed by atoms with van der Waals surface area (Å²) in [5.74, 6) is 0.594. The van der Waals surface area contributed by atoms with Gasteiger partial charge in [-0.2, -0.15) is 9.78 Å². The summed E-state index contributed by atoms with van der Waals surface area (Å²) in [5, 5.41) is 4.14. The maximum atomic E-state index is 11.9. The van der Waals surface area contributed by atoms with Crippen LogP contribution in [0.3, 0.4) is 0 Å². The average molecular weight is 297 g/mol. The van der Waals surface area contributed by atoms with Gasteiger partial charge in [0.25, 0.3) is 5.56 Å². The quantitative estimate of drug-likeness (QED) is 0.865. The van der Waals surface area contributed by atoms with Gasteiger partial charge in [-0.15, -0.1) is 0 Å². The predicted molar refractivity (Wildman–Crippen MR) is 78.4 cm³/mol. The first-order chi connectivity index (χ1) is 8.99. The predicted octanol–water partition coefficient (Wildman–Crippen LogP) is 3.74. The van der Waals surface area contributed by atoms with Crippen LogP contribution in [-0.2, 0) is 6.42 Å². The molecule has 0 aliphatic carbocycles. The zero-order chi connectivity index (χ0) is 14.0. The molecule has 1 heterocycles. The second kappa shape index (κ2) is 5.76. The molecule has 0 bridgehead atoms. The zero-order valence-corrected chi connectivity index (χ0v) is 12.2. The smallest absolute Gasteiger partial charge is 0.266 e. The standard InChI is InChI=1S/C14H14Cl2N2O/c1-9(2)7-10-3-5-11(6-4-10)18-14(19)13(16)12(15)8-17-18/h3-6,8-9H,7H2,1-2H3. The highest BCUT2D eigenvalue weighted by atomic mass is 35.5. The van der Waals surface area contributed by atoms with Crippen LogP contribution in [0.2, 0.25) is 10.0 Å². The Bertz CT molecular complexity index is 633. The van der Waals surface area contributed by atoms with E-state index in [9.17, 15) is 4.79 Å². The normalized spacial score (nSPS) is 11.0. The molecular weight excluding hydrogens is 283 g/mol. The van der Waals surface area contributed by atoms with Crippen molar-refractivity contribution in [3.8, 4) is 5.69 Å². The lowest BCUT2D eigenvalue weighted by Gasteiger charge is -2.08. The first-order valence-electron chi connectivity index (χ1n) is 6.01. The minimum absolute atomic E-state index is 0.0112. The third-order valence-electron chi connectivity index (χ3n) is 2.70. The number of hydrogen-bond donors (Lipinski definition) is 0. The van der Waals surface area contributed by atoms with Crippen LogP contribution in [0.4, 0.5) is 0 Å². The summed E-state index contributed by atoms with van der Waals surface area (Å²) in [5.41, 5.74) is 1.49. The van der Waals surface area contributed by atoms with Crippen molar-refractivity contribution in [2.24, 2.45) is 5.92 Å². The summed E-state index contributed by atoms with van der Waals surface area (Å²) in [6, 6.07) is 7.70. The minimum atomic E-state index is -0.411. The first kappa shape index (κ1) is 14.1. The van der Waals surface area contributed by atoms with Gasteiger partial charge >= 0.3 is 0 Å². The SMILES string of the molecule is CC(C)Cc1ccc(-n2ncc(Cl)c(Cl)c2=O)cc1. The summed E-state index contributed by atoms with van der Waals surface area (Å²) >= 11 is 11.6. The van der Waals surface area contributed by atoms with Crippen LogP contribution in [0.1, 0.15) is 19.4 Å². The Morgan fingerprint density at radius 1 is 1.21 bits per heavy atom. The van der Waals surface area contributed by atoms with Gasteiger partial charge in [0.05, 0.1) is 16.9 Å². The summed E-state index contributed by atoms with van der Waals surface area (Å²) in [6.45, 7) is 4.33. The van der Waals surface area contributed by atoms with Crippen LogP contribution in [-0.4, -0.2) is 9.78 Å². The van der Waals surface area contributed by atoms with Crippen LogP contribution in [0.5, 0.6) is 0 Å². The molecule has 0 spiro atoms. The van der Waals surface area contributed by atoms with Gasteiger partial charge in [-0.1, -0.05) is 49.2 Å². The molecule has 0 amide bonds. The molecule has 100 valence electrons. The molecule has 0 radical (unpaired) electrons. The van der Waals surface area contributed by atoms with Crippen LogP contribution < -0.4 is 5.56 Å². The summed E-state index contributed by atoms with van der Waals surface area (Å²) in [7, 11) is 0.